The molecule has 1 aromatic heterocycles. The van der Waals surface area contributed by atoms with Crippen molar-refractivity contribution in [1.82, 2.24) is 15.2 Å². The molecule has 0 aromatic carbocycles. The molecule has 0 amide bonds. The molecule has 21 heavy (non-hydrogen) atoms. The fourth-order valence-corrected chi connectivity index (χ4v) is 2.21. The molecule has 0 saturated carbocycles. The molecule has 4 nitrogen and oxygen atoms in total. The van der Waals surface area contributed by atoms with Crippen LogP contribution in [0.1, 0.15) is 12.5 Å². The molecule has 0 aliphatic carbocycles. The predicted molar refractivity (Wildman–Crippen MR) is 71.4 cm³/mol. The van der Waals surface area contributed by atoms with Gasteiger partial charge in [-0.25, -0.2) is 4.98 Å². The highest BCUT2D eigenvalue weighted by molar-refractivity contribution is 6.29. The third kappa shape index (κ3) is 3.66. The van der Waals surface area contributed by atoms with Crippen molar-refractivity contribution in [2.75, 3.05) is 13.1 Å². The summed E-state index contributed by atoms with van der Waals surface area (Å²) in [5.41, 5.74) is 0.467. The van der Waals surface area contributed by atoms with Crippen LogP contribution in [0.4, 0.5) is 13.2 Å². The van der Waals surface area contributed by atoms with Gasteiger partial charge in [0.1, 0.15) is 11.0 Å². The van der Waals surface area contributed by atoms with E-state index in [1.807, 2.05) is 0 Å². The summed E-state index contributed by atoms with van der Waals surface area (Å²) in [5.74, 6) is -1.61. The quantitative estimate of drug-likeness (QED) is 0.687. The van der Waals surface area contributed by atoms with Gasteiger partial charge >= 0.3 is 6.18 Å². The van der Waals surface area contributed by atoms with Gasteiger partial charge in [-0.05, 0) is 18.6 Å². The van der Waals surface area contributed by atoms with Gasteiger partial charge in [-0.15, -0.1) is 0 Å². The lowest BCUT2D eigenvalue weighted by Crippen LogP contribution is -2.29. The summed E-state index contributed by atoms with van der Waals surface area (Å²) in [6.45, 7) is 2.53. The van der Waals surface area contributed by atoms with Gasteiger partial charge in [0.15, 0.2) is 0 Å². The number of hydrogen-bond acceptors (Lipinski definition) is 4. The van der Waals surface area contributed by atoms with Gasteiger partial charge < -0.3 is 10.2 Å². The zero-order valence-corrected chi connectivity index (χ0v) is 11.9. The Balaban J connectivity index is 2.20. The van der Waals surface area contributed by atoms with Crippen LogP contribution in [0, 0.1) is 0 Å². The maximum Gasteiger partial charge on any atom is 0.454 e. The van der Waals surface area contributed by atoms with Gasteiger partial charge in [0, 0.05) is 31.4 Å². The van der Waals surface area contributed by atoms with E-state index in [0.717, 1.165) is 5.56 Å². The van der Waals surface area contributed by atoms with Gasteiger partial charge in [-0.1, -0.05) is 17.7 Å². The van der Waals surface area contributed by atoms with Crippen molar-refractivity contribution in [2.45, 2.75) is 19.6 Å². The first-order valence-electron chi connectivity index (χ1n) is 6.20. The Morgan fingerprint density at radius 1 is 1.48 bits per heavy atom. The standard InChI is InChI=1S/C13H13ClF3N3O/c1-8(11(21)13(15,16)17)12-18-4-5-20(12)7-9-2-3-10(14)19-6-9/h2-3,6,18H,4-5,7H2,1H3/b12-8+. The number of halogens is 4. The predicted octanol–water partition coefficient (Wildman–Crippen LogP) is 2.50. The molecule has 114 valence electrons. The second-order valence-electron chi connectivity index (χ2n) is 4.64. The number of Topliss-reactive ketones (excluding diaryl/α,β-unsaturated/α-hetero) is 1. The molecule has 1 aliphatic heterocycles. The summed E-state index contributed by atoms with van der Waals surface area (Å²) in [6, 6.07) is 3.35. The fraction of sp³-hybridized carbons (Fsp3) is 0.385. The van der Waals surface area contributed by atoms with Gasteiger partial charge in [-0.3, -0.25) is 4.79 Å². The van der Waals surface area contributed by atoms with Crippen LogP contribution < -0.4 is 5.32 Å². The molecule has 0 atom stereocenters. The Bertz CT molecular complexity index is 569. The second kappa shape index (κ2) is 5.93. The number of ketones is 1. The van der Waals surface area contributed by atoms with E-state index in [0.29, 0.717) is 24.8 Å². The summed E-state index contributed by atoms with van der Waals surface area (Å²) in [7, 11) is 0. The molecule has 2 heterocycles. The Morgan fingerprint density at radius 3 is 2.76 bits per heavy atom. The molecule has 1 aliphatic rings. The lowest BCUT2D eigenvalue weighted by atomic mass is 10.1. The largest absolute Gasteiger partial charge is 0.454 e. The highest BCUT2D eigenvalue weighted by atomic mass is 35.5. The van der Waals surface area contributed by atoms with Crippen LogP contribution >= 0.6 is 11.6 Å². The summed E-state index contributed by atoms with van der Waals surface area (Å²) < 4.78 is 37.5. The number of nitrogens with zero attached hydrogens (tertiary/aromatic N) is 2. The maximum atomic E-state index is 12.5. The maximum absolute atomic E-state index is 12.5. The molecular weight excluding hydrogens is 307 g/mol. The minimum absolute atomic E-state index is 0.215. The molecule has 1 saturated heterocycles. The van der Waals surface area contributed by atoms with Crippen molar-refractivity contribution in [1.29, 1.82) is 0 Å². The van der Waals surface area contributed by atoms with Gasteiger partial charge in [0.05, 0.1) is 0 Å². The number of alkyl halides is 3. The smallest absolute Gasteiger partial charge is 0.370 e. The SMILES string of the molecule is C/C(C(=O)C(F)(F)F)=C1/NCCN1Cc1ccc(Cl)nc1. The van der Waals surface area contributed by atoms with E-state index in [4.69, 9.17) is 11.6 Å². The average molecular weight is 320 g/mol. The third-order valence-corrected chi connectivity index (χ3v) is 3.33. The van der Waals surface area contributed by atoms with Crippen LogP contribution in [-0.4, -0.2) is 34.9 Å². The van der Waals surface area contributed by atoms with Crippen LogP contribution in [-0.2, 0) is 11.3 Å². The minimum Gasteiger partial charge on any atom is -0.370 e. The number of carbonyl (C=O) groups is 1. The van der Waals surface area contributed by atoms with E-state index in [2.05, 4.69) is 10.3 Å². The first-order valence-corrected chi connectivity index (χ1v) is 6.58. The normalized spacial score (nSPS) is 17.7. The molecule has 0 radical (unpaired) electrons. The van der Waals surface area contributed by atoms with Gasteiger partial charge in [-0.2, -0.15) is 13.2 Å². The molecule has 1 aromatic rings. The lowest BCUT2D eigenvalue weighted by Gasteiger charge is -2.21. The number of pyridine rings is 1. The van der Waals surface area contributed by atoms with Crippen LogP contribution in [0.15, 0.2) is 29.7 Å². The molecule has 8 heteroatoms. The van der Waals surface area contributed by atoms with E-state index >= 15 is 0 Å². The molecular formula is C13H13ClF3N3O. The van der Waals surface area contributed by atoms with E-state index in [9.17, 15) is 18.0 Å². The van der Waals surface area contributed by atoms with Crippen molar-refractivity contribution < 1.29 is 18.0 Å². The first-order chi connectivity index (χ1) is 9.79. The van der Waals surface area contributed by atoms with Crippen molar-refractivity contribution >= 4 is 17.4 Å². The van der Waals surface area contributed by atoms with Crippen molar-refractivity contribution in [3.63, 3.8) is 0 Å². The number of nitrogens with one attached hydrogen (secondary N) is 1. The fourth-order valence-electron chi connectivity index (χ4n) is 2.10. The zero-order chi connectivity index (χ0) is 15.6. The number of allylic oxidation sites excluding steroid dienone is 1. The number of rotatable bonds is 3. The lowest BCUT2D eigenvalue weighted by molar-refractivity contribution is -0.166. The van der Waals surface area contributed by atoms with E-state index in [1.54, 1.807) is 23.2 Å². The molecule has 1 N–H and O–H groups in total. The molecule has 2 rings (SSSR count). The van der Waals surface area contributed by atoms with E-state index < -0.39 is 12.0 Å². The third-order valence-electron chi connectivity index (χ3n) is 3.11. The number of hydrogen-bond donors (Lipinski definition) is 1. The highest BCUT2D eigenvalue weighted by Gasteiger charge is 2.41. The molecule has 0 unspecified atom stereocenters. The molecule has 0 spiro atoms. The average Bonchev–Trinajstić information content (AvgIpc) is 2.87. The van der Waals surface area contributed by atoms with Gasteiger partial charge in [0.2, 0.25) is 0 Å². The van der Waals surface area contributed by atoms with Crippen molar-refractivity contribution in [3.8, 4) is 0 Å². The summed E-state index contributed by atoms with van der Waals surface area (Å²) in [4.78, 5) is 16.9. The van der Waals surface area contributed by atoms with Crippen LogP contribution in [0.2, 0.25) is 5.15 Å². The Labute approximate surface area is 124 Å². The van der Waals surface area contributed by atoms with E-state index in [1.165, 1.54) is 6.92 Å². The minimum atomic E-state index is -4.87. The molecule has 0 bridgehead atoms. The highest BCUT2D eigenvalue weighted by Crippen LogP contribution is 2.24. The number of aromatic nitrogens is 1. The van der Waals surface area contributed by atoms with Gasteiger partial charge in [0.25, 0.3) is 5.78 Å². The van der Waals surface area contributed by atoms with E-state index in [-0.39, 0.29) is 11.4 Å². The Hall–Kier alpha value is -1.76. The Morgan fingerprint density at radius 2 is 2.19 bits per heavy atom. The second-order valence-corrected chi connectivity index (χ2v) is 5.03. The first kappa shape index (κ1) is 15.6. The van der Waals surface area contributed by atoms with Crippen LogP contribution in [0.5, 0.6) is 0 Å². The topological polar surface area (TPSA) is 45.2 Å². The van der Waals surface area contributed by atoms with Crippen LogP contribution in [0.3, 0.4) is 0 Å². The summed E-state index contributed by atoms with van der Waals surface area (Å²) >= 11 is 5.68. The zero-order valence-electron chi connectivity index (χ0n) is 11.2. The van der Waals surface area contributed by atoms with Crippen molar-refractivity contribution in [3.05, 3.63) is 40.4 Å². The molecule has 1 fully saturated rings. The van der Waals surface area contributed by atoms with Crippen LogP contribution in [0.25, 0.3) is 0 Å². The summed E-state index contributed by atoms with van der Waals surface area (Å²) in [6.07, 6.45) is -3.31. The Kier molecular flexibility index (Phi) is 4.41. The van der Waals surface area contributed by atoms with Crippen molar-refractivity contribution in [2.24, 2.45) is 0 Å². The summed E-state index contributed by atoms with van der Waals surface area (Å²) in [5, 5.41) is 3.17. The number of carbonyl (C=O) groups excluding carboxylic acids is 1. The monoisotopic (exact) mass is 319 g/mol.